The first-order valence-corrected chi connectivity index (χ1v) is 11.0. The molecule has 33 heavy (non-hydrogen) atoms. The third-order valence-corrected chi connectivity index (χ3v) is 5.67. The number of aromatic nitrogens is 3. The first kappa shape index (κ1) is 22.8. The van der Waals surface area contributed by atoms with Crippen LogP contribution in [0.25, 0.3) is 16.6 Å². The van der Waals surface area contributed by atoms with Gasteiger partial charge in [-0.2, -0.15) is 5.10 Å². The van der Waals surface area contributed by atoms with E-state index in [-0.39, 0.29) is 17.6 Å². The van der Waals surface area contributed by atoms with Crippen LogP contribution in [0.3, 0.4) is 0 Å². The molecule has 1 atom stereocenters. The molecule has 3 aromatic rings. The molecule has 0 saturated carbocycles. The van der Waals surface area contributed by atoms with Crippen molar-refractivity contribution in [2.75, 3.05) is 18.4 Å². The lowest BCUT2D eigenvalue weighted by atomic mass is 9.93. The molecule has 1 aliphatic rings. The van der Waals surface area contributed by atoms with Gasteiger partial charge in [-0.1, -0.05) is 6.07 Å². The van der Waals surface area contributed by atoms with Crippen LogP contribution in [0.2, 0.25) is 0 Å². The summed E-state index contributed by atoms with van der Waals surface area (Å²) >= 11 is 0. The molecule has 0 spiro atoms. The van der Waals surface area contributed by atoms with Gasteiger partial charge in [0.05, 0.1) is 22.3 Å². The summed E-state index contributed by atoms with van der Waals surface area (Å²) in [5, 5.41) is 17.5. The van der Waals surface area contributed by atoms with Gasteiger partial charge in [0.2, 0.25) is 0 Å². The largest absolute Gasteiger partial charge is 0.444 e. The Morgan fingerprint density at radius 2 is 1.97 bits per heavy atom. The number of carbonyl (C=O) groups is 2. The number of nitrogens with zero attached hydrogens (tertiary/aromatic N) is 3. The van der Waals surface area contributed by atoms with Crippen molar-refractivity contribution in [1.29, 1.82) is 0 Å². The van der Waals surface area contributed by atoms with Crippen molar-refractivity contribution in [2.45, 2.75) is 58.2 Å². The number of rotatable bonds is 3. The van der Waals surface area contributed by atoms with E-state index in [9.17, 15) is 19.5 Å². The van der Waals surface area contributed by atoms with E-state index in [2.05, 4.69) is 15.4 Å². The molecule has 176 valence electrons. The van der Waals surface area contributed by atoms with Crippen molar-refractivity contribution in [3.05, 3.63) is 40.3 Å². The van der Waals surface area contributed by atoms with Crippen LogP contribution in [0.15, 0.2) is 29.1 Å². The Kier molecular flexibility index (Phi) is 5.87. The van der Waals surface area contributed by atoms with Crippen molar-refractivity contribution in [3.63, 3.8) is 0 Å². The molecular formula is C23H29N5O5. The second kappa shape index (κ2) is 8.51. The number of aliphatic hydroxyl groups is 1. The summed E-state index contributed by atoms with van der Waals surface area (Å²) in [7, 11) is 0. The molecule has 10 heteroatoms. The number of H-pyrrole nitrogens is 1. The van der Waals surface area contributed by atoms with Gasteiger partial charge in [-0.3, -0.25) is 9.59 Å². The van der Waals surface area contributed by atoms with Crippen LogP contribution >= 0.6 is 0 Å². The molecule has 2 amide bonds. The lowest BCUT2D eigenvalue weighted by molar-refractivity contribution is -0.123. The number of piperidine rings is 1. The predicted molar refractivity (Wildman–Crippen MR) is 123 cm³/mol. The molecule has 0 aliphatic carbocycles. The average molecular weight is 456 g/mol. The highest BCUT2D eigenvalue weighted by molar-refractivity contribution is 6.08. The number of hydrogen-bond acceptors (Lipinski definition) is 6. The number of hydrogen-bond donors (Lipinski definition) is 3. The second-order valence-electron chi connectivity index (χ2n) is 9.43. The van der Waals surface area contributed by atoms with Crippen LogP contribution in [0, 0.1) is 0 Å². The molecule has 1 fully saturated rings. The normalized spacial score (nSPS) is 16.2. The Hall–Kier alpha value is -3.40. The summed E-state index contributed by atoms with van der Waals surface area (Å²) in [5.41, 5.74) is 1.47. The van der Waals surface area contributed by atoms with Gasteiger partial charge in [0.1, 0.15) is 17.4 Å². The zero-order valence-corrected chi connectivity index (χ0v) is 19.2. The molecule has 4 rings (SSSR count). The van der Waals surface area contributed by atoms with Crippen LogP contribution in [-0.2, 0) is 9.53 Å². The van der Waals surface area contributed by atoms with Gasteiger partial charge in [0.25, 0.3) is 11.5 Å². The Bertz CT molecular complexity index is 1260. The summed E-state index contributed by atoms with van der Waals surface area (Å²) in [4.78, 5) is 41.5. The van der Waals surface area contributed by atoms with Gasteiger partial charge in [-0.05, 0) is 52.7 Å². The highest BCUT2D eigenvalue weighted by Gasteiger charge is 2.29. The summed E-state index contributed by atoms with van der Waals surface area (Å²) < 4.78 is 7.18. The molecule has 1 aliphatic heterocycles. The number of fused-ring (bicyclic) bond motifs is 3. The minimum Gasteiger partial charge on any atom is -0.444 e. The maximum atomic E-state index is 12.6. The first-order chi connectivity index (χ1) is 15.5. The maximum absolute atomic E-state index is 12.6. The third kappa shape index (κ3) is 4.70. The molecule has 3 heterocycles. The highest BCUT2D eigenvalue weighted by Crippen LogP contribution is 2.32. The summed E-state index contributed by atoms with van der Waals surface area (Å²) in [5.74, 6) is -0.520. The Labute approximate surface area is 190 Å². The van der Waals surface area contributed by atoms with E-state index in [0.29, 0.717) is 48.2 Å². The lowest BCUT2D eigenvalue weighted by Gasteiger charge is -2.33. The molecule has 0 radical (unpaired) electrons. The van der Waals surface area contributed by atoms with Crippen LogP contribution in [0.5, 0.6) is 0 Å². The number of anilines is 1. The fourth-order valence-electron chi connectivity index (χ4n) is 4.10. The number of likely N-dealkylation sites (tertiary alicyclic amines) is 1. The fraction of sp³-hybridized carbons (Fsp3) is 0.478. The molecule has 1 aromatic carbocycles. The first-order valence-electron chi connectivity index (χ1n) is 11.0. The van der Waals surface area contributed by atoms with E-state index in [1.54, 1.807) is 33.7 Å². The predicted octanol–water partition coefficient (Wildman–Crippen LogP) is 2.61. The van der Waals surface area contributed by atoms with E-state index in [4.69, 9.17) is 4.74 Å². The van der Waals surface area contributed by atoms with Gasteiger partial charge < -0.3 is 25.0 Å². The van der Waals surface area contributed by atoms with Crippen LogP contribution in [-0.4, -0.2) is 61.4 Å². The number of nitrogens with one attached hydrogen (secondary N) is 2. The van der Waals surface area contributed by atoms with Crippen molar-refractivity contribution >= 4 is 34.2 Å². The summed E-state index contributed by atoms with van der Waals surface area (Å²) in [6, 6.07) is 6.80. The SMILES string of the molecule is C[C@H](O)C(=O)Nc1cccc2nn3c(C4CCN(C(=O)OC(C)(C)C)CC4)cc(=O)[nH]c3c12. The topological polar surface area (TPSA) is 129 Å². The minimum atomic E-state index is -1.17. The van der Waals surface area contributed by atoms with Crippen LogP contribution in [0.4, 0.5) is 10.5 Å². The molecule has 2 aromatic heterocycles. The molecule has 10 nitrogen and oxygen atoms in total. The van der Waals surface area contributed by atoms with Crippen molar-refractivity contribution in [2.24, 2.45) is 0 Å². The smallest absolute Gasteiger partial charge is 0.410 e. The highest BCUT2D eigenvalue weighted by atomic mass is 16.6. The summed E-state index contributed by atoms with van der Waals surface area (Å²) in [6.45, 7) is 7.94. The number of ether oxygens (including phenoxy) is 1. The molecule has 1 saturated heterocycles. The van der Waals surface area contributed by atoms with Crippen LogP contribution in [0.1, 0.15) is 52.1 Å². The number of amides is 2. The third-order valence-electron chi connectivity index (χ3n) is 5.67. The zero-order chi connectivity index (χ0) is 23.9. The minimum absolute atomic E-state index is 0.0262. The lowest BCUT2D eigenvalue weighted by Crippen LogP contribution is -2.41. The zero-order valence-electron chi connectivity index (χ0n) is 19.2. The Morgan fingerprint density at radius 3 is 2.61 bits per heavy atom. The van der Waals surface area contributed by atoms with E-state index in [1.165, 1.54) is 6.92 Å². The van der Waals surface area contributed by atoms with Gasteiger partial charge >= 0.3 is 6.09 Å². The van der Waals surface area contributed by atoms with Gasteiger partial charge in [0, 0.05) is 25.1 Å². The molecule has 0 bridgehead atoms. The fourth-order valence-corrected chi connectivity index (χ4v) is 4.10. The molecular weight excluding hydrogens is 426 g/mol. The Balaban J connectivity index is 1.67. The van der Waals surface area contributed by atoms with Crippen molar-refractivity contribution in [1.82, 2.24) is 19.5 Å². The van der Waals surface area contributed by atoms with E-state index in [1.807, 2.05) is 20.8 Å². The standard InChI is InChI=1S/C23H29N5O5/c1-13(29)21(31)24-15-6-5-7-16-19(15)20-25-18(30)12-17(28(20)26-16)14-8-10-27(11-9-14)22(32)33-23(2,3)4/h5-7,12-14,29H,8-11H2,1-4H3,(H,24,31)(H,25,30)/t13-/m0/s1. The quantitative estimate of drug-likeness (QED) is 0.557. The number of carbonyl (C=O) groups excluding carboxylic acids is 2. The molecule has 0 unspecified atom stereocenters. The number of benzene rings is 1. The maximum Gasteiger partial charge on any atom is 0.410 e. The monoisotopic (exact) mass is 455 g/mol. The second-order valence-corrected chi connectivity index (χ2v) is 9.43. The average Bonchev–Trinajstić information content (AvgIpc) is 3.11. The van der Waals surface area contributed by atoms with Crippen molar-refractivity contribution < 1.29 is 19.4 Å². The number of aliphatic hydroxyl groups excluding tert-OH is 1. The van der Waals surface area contributed by atoms with Crippen molar-refractivity contribution in [3.8, 4) is 0 Å². The van der Waals surface area contributed by atoms with E-state index in [0.717, 1.165) is 5.69 Å². The van der Waals surface area contributed by atoms with E-state index < -0.39 is 17.6 Å². The molecule has 3 N–H and O–H groups in total. The van der Waals surface area contributed by atoms with Gasteiger partial charge in [-0.15, -0.1) is 0 Å². The van der Waals surface area contributed by atoms with E-state index >= 15 is 0 Å². The Morgan fingerprint density at radius 1 is 1.27 bits per heavy atom. The van der Waals surface area contributed by atoms with Gasteiger partial charge in [0.15, 0.2) is 0 Å². The van der Waals surface area contributed by atoms with Crippen LogP contribution < -0.4 is 10.9 Å². The number of aromatic amines is 1. The summed E-state index contributed by atoms with van der Waals surface area (Å²) in [6.07, 6.45) is -0.175. The van der Waals surface area contributed by atoms with Gasteiger partial charge in [-0.25, -0.2) is 9.31 Å².